The van der Waals surface area contributed by atoms with Gasteiger partial charge < -0.3 is 9.88 Å². The highest BCUT2D eigenvalue weighted by molar-refractivity contribution is 7.07. The fourth-order valence-corrected chi connectivity index (χ4v) is 3.73. The minimum absolute atomic E-state index is 0.815. The lowest BCUT2D eigenvalue weighted by molar-refractivity contribution is 0.942. The van der Waals surface area contributed by atoms with Crippen molar-refractivity contribution in [3.05, 3.63) is 65.5 Å². The molecule has 0 saturated heterocycles. The van der Waals surface area contributed by atoms with Crippen molar-refractivity contribution >= 4 is 28.1 Å². The molecule has 0 radical (unpaired) electrons. The Morgan fingerprint density at radius 2 is 2.17 bits per heavy atom. The smallest absolute Gasteiger partial charge is 0.148 e. The van der Waals surface area contributed by atoms with Gasteiger partial charge in [0.05, 0.1) is 11.2 Å². The first-order valence-corrected chi connectivity index (χ1v) is 8.51. The predicted molar refractivity (Wildman–Crippen MR) is 95.8 cm³/mol. The molecule has 4 heterocycles. The molecule has 0 fully saturated rings. The van der Waals surface area contributed by atoms with Gasteiger partial charge in [-0.25, -0.2) is 15.0 Å². The van der Waals surface area contributed by atoms with Crippen LogP contribution in [0.15, 0.2) is 54.4 Å². The standard InChI is InChI=1S/C18H13N5S/c1-11-14-3-2-13(4-12(14)5-20-11)23-7-16(17-8-24-10-22-17)15-6-19-9-21-18(15)23/h2-4,6-10,20H,1,5H2. The Morgan fingerprint density at radius 3 is 3.04 bits per heavy atom. The third-order valence-electron chi connectivity index (χ3n) is 4.36. The van der Waals surface area contributed by atoms with Crippen molar-refractivity contribution in [3.63, 3.8) is 0 Å². The number of hydrogen-bond acceptors (Lipinski definition) is 5. The van der Waals surface area contributed by atoms with Gasteiger partial charge in [0, 0.05) is 52.2 Å². The lowest BCUT2D eigenvalue weighted by atomic mass is 10.1. The minimum Gasteiger partial charge on any atom is -0.381 e. The molecule has 5 rings (SSSR count). The Bertz CT molecular complexity index is 1080. The first-order valence-electron chi connectivity index (χ1n) is 7.57. The van der Waals surface area contributed by atoms with Gasteiger partial charge in [-0.3, -0.25) is 0 Å². The minimum atomic E-state index is 0.815. The lowest BCUT2D eigenvalue weighted by Gasteiger charge is -2.06. The van der Waals surface area contributed by atoms with Gasteiger partial charge in [0.1, 0.15) is 12.0 Å². The van der Waals surface area contributed by atoms with E-state index < -0.39 is 0 Å². The zero-order chi connectivity index (χ0) is 16.1. The zero-order valence-electron chi connectivity index (χ0n) is 12.7. The maximum Gasteiger partial charge on any atom is 0.148 e. The largest absolute Gasteiger partial charge is 0.381 e. The van der Waals surface area contributed by atoms with Gasteiger partial charge in [0.15, 0.2) is 0 Å². The van der Waals surface area contributed by atoms with Gasteiger partial charge in [-0.05, 0) is 17.7 Å². The average molecular weight is 331 g/mol. The van der Waals surface area contributed by atoms with Gasteiger partial charge in [-0.15, -0.1) is 11.3 Å². The molecule has 1 aromatic carbocycles. The summed E-state index contributed by atoms with van der Waals surface area (Å²) in [5.41, 5.74) is 9.24. The first kappa shape index (κ1) is 13.4. The number of aromatic nitrogens is 4. The Morgan fingerprint density at radius 1 is 1.21 bits per heavy atom. The topological polar surface area (TPSA) is 55.6 Å². The van der Waals surface area contributed by atoms with E-state index in [4.69, 9.17) is 0 Å². The maximum absolute atomic E-state index is 4.49. The van der Waals surface area contributed by atoms with Gasteiger partial charge >= 0.3 is 0 Å². The van der Waals surface area contributed by atoms with Crippen LogP contribution in [0.2, 0.25) is 0 Å². The van der Waals surface area contributed by atoms with Crippen LogP contribution in [0.5, 0.6) is 0 Å². The number of benzene rings is 1. The van der Waals surface area contributed by atoms with Crippen molar-refractivity contribution < 1.29 is 0 Å². The first-order chi connectivity index (χ1) is 11.8. The summed E-state index contributed by atoms with van der Waals surface area (Å²) in [6.45, 7) is 4.85. The van der Waals surface area contributed by atoms with Gasteiger partial charge in [-0.1, -0.05) is 12.6 Å². The molecule has 0 unspecified atom stereocenters. The number of fused-ring (bicyclic) bond motifs is 2. The summed E-state index contributed by atoms with van der Waals surface area (Å²) in [4.78, 5) is 13.1. The molecule has 0 bridgehead atoms. The van der Waals surface area contributed by atoms with Crippen LogP contribution >= 0.6 is 11.3 Å². The molecular weight excluding hydrogens is 318 g/mol. The molecule has 0 amide bonds. The molecule has 116 valence electrons. The summed E-state index contributed by atoms with van der Waals surface area (Å²) in [6.07, 6.45) is 5.53. The van der Waals surface area contributed by atoms with Gasteiger partial charge in [0.2, 0.25) is 0 Å². The Balaban J connectivity index is 1.75. The molecule has 1 aliphatic heterocycles. The number of rotatable bonds is 2. The second-order valence-corrected chi connectivity index (χ2v) is 6.44. The number of hydrogen-bond donors (Lipinski definition) is 1. The van der Waals surface area contributed by atoms with Crippen molar-refractivity contribution in [2.45, 2.75) is 6.54 Å². The van der Waals surface area contributed by atoms with E-state index in [-0.39, 0.29) is 0 Å². The van der Waals surface area contributed by atoms with Crippen LogP contribution in [0.1, 0.15) is 11.1 Å². The van der Waals surface area contributed by atoms with Gasteiger partial charge in [-0.2, -0.15) is 0 Å². The lowest BCUT2D eigenvalue weighted by Crippen LogP contribution is -1.98. The van der Waals surface area contributed by atoms with Crippen molar-refractivity contribution in [1.82, 2.24) is 24.8 Å². The van der Waals surface area contributed by atoms with E-state index >= 15 is 0 Å². The molecule has 0 saturated carbocycles. The van der Waals surface area contributed by atoms with Crippen molar-refractivity contribution in [3.8, 4) is 16.9 Å². The van der Waals surface area contributed by atoms with Gasteiger partial charge in [0.25, 0.3) is 0 Å². The molecular formula is C18H13N5S. The van der Waals surface area contributed by atoms with Crippen molar-refractivity contribution in [2.24, 2.45) is 0 Å². The molecule has 1 aliphatic rings. The second kappa shape index (κ2) is 5.01. The van der Waals surface area contributed by atoms with Crippen molar-refractivity contribution in [1.29, 1.82) is 0 Å². The third-order valence-corrected chi connectivity index (χ3v) is 4.95. The number of thiazole rings is 1. The third kappa shape index (κ3) is 1.90. The molecule has 0 atom stereocenters. The quantitative estimate of drug-likeness (QED) is 0.609. The zero-order valence-corrected chi connectivity index (χ0v) is 13.5. The van der Waals surface area contributed by atoms with Crippen LogP contribution in [0.4, 0.5) is 0 Å². The van der Waals surface area contributed by atoms with Crippen LogP contribution in [0, 0.1) is 0 Å². The average Bonchev–Trinajstić information content (AvgIpc) is 3.33. The fourth-order valence-electron chi connectivity index (χ4n) is 3.18. The second-order valence-electron chi connectivity index (χ2n) is 5.72. The summed E-state index contributed by atoms with van der Waals surface area (Å²) in [5, 5.41) is 6.34. The van der Waals surface area contributed by atoms with E-state index in [1.165, 1.54) is 11.1 Å². The highest BCUT2D eigenvalue weighted by Gasteiger charge is 2.17. The molecule has 0 spiro atoms. The Hall–Kier alpha value is -2.99. The van der Waals surface area contributed by atoms with Crippen LogP contribution in [-0.2, 0) is 6.54 Å². The van der Waals surface area contributed by atoms with E-state index in [1.807, 2.05) is 17.1 Å². The van der Waals surface area contributed by atoms with E-state index in [0.29, 0.717) is 0 Å². The van der Waals surface area contributed by atoms with Crippen LogP contribution in [0.3, 0.4) is 0 Å². The Labute approximate surface area is 142 Å². The number of nitrogens with one attached hydrogen (secondary N) is 1. The summed E-state index contributed by atoms with van der Waals surface area (Å²) < 4.78 is 2.10. The molecule has 1 N–H and O–H groups in total. The highest BCUT2D eigenvalue weighted by atomic mass is 32.1. The van der Waals surface area contributed by atoms with Crippen LogP contribution in [-0.4, -0.2) is 19.5 Å². The molecule has 4 aromatic rings. The van der Waals surface area contributed by atoms with E-state index in [9.17, 15) is 0 Å². The van der Waals surface area contributed by atoms with Crippen LogP contribution < -0.4 is 5.32 Å². The van der Waals surface area contributed by atoms with E-state index in [0.717, 1.165) is 40.2 Å². The molecule has 6 heteroatoms. The molecule has 3 aromatic heterocycles. The summed E-state index contributed by atoms with van der Waals surface area (Å²) in [7, 11) is 0. The summed E-state index contributed by atoms with van der Waals surface area (Å²) in [5.74, 6) is 0. The Kier molecular flexibility index (Phi) is 2.80. The van der Waals surface area contributed by atoms with E-state index in [1.54, 1.807) is 17.7 Å². The summed E-state index contributed by atoms with van der Waals surface area (Å²) >= 11 is 1.59. The normalized spacial score (nSPS) is 13.2. The van der Waals surface area contributed by atoms with Crippen LogP contribution in [0.25, 0.3) is 33.7 Å². The summed E-state index contributed by atoms with van der Waals surface area (Å²) in [6, 6.07) is 6.40. The van der Waals surface area contributed by atoms with E-state index in [2.05, 4.69) is 55.8 Å². The molecule has 24 heavy (non-hydrogen) atoms. The number of nitrogens with zero attached hydrogens (tertiary/aromatic N) is 4. The highest BCUT2D eigenvalue weighted by Crippen LogP contribution is 2.32. The monoisotopic (exact) mass is 331 g/mol. The van der Waals surface area contributed by atoms with Crippen molar-refractivity contribution in [2.75, 3.05) is 0 Å². The fraction of sp³-hybridized carbons (Fsp3) is 0.0556. The maximum atomic E-state index is 4.49. The molecule has 5 nitrogen and oxygen atoms in total. The SMILES string of the molecule is C=C1NCc2cc(-n3cc(-c4cscn4)c4cncnc43)ccc21. The molecule has 0 aliphatic carbocycles. The predicted octanol–water partition coefficient (Wildman–Crippen LogP) is 3.62.